The topological polar surface area (TPSA) is 51.5 Å². The molecule has 1 N–H and O–H groups in total. The van der Waals surface area contributed by atoms with Crippen LogP contribution in [0, 0.1) is 6.92 Å². The third kappa shape index (κ3) is 3.08. The average Bonchev–Trinajstić information content (AvgIpc) is 2.44. The zero-order valence-electron chi connectivity index (χ0n) is 11.7. The van der Waals surface area contributed by atoms with E-state index in [9.17, 15) is 9.90 Å². The maximum absolute atomic E-state index is 11.8. The lowest BCUT2D eigenvalue weighted by Crippen LogP contribution is -2.24. The molecule has 1 unspecified atom stereocenters. The standard InChI is InChI=1S/C16H19NO3/c1-3-20-15-9-5-4-8-13(15)14(18)11-17-12(2)7-6-10-16(17)19/h4-10,14,18H,3,11H2,1-2H3. The first-order valence-electron chi connectivity index (χ1n) is 6.69. The molecule has 0 radical (unpaired) electrons. The summed E-state index contributed by atoms with van der Waals surface area (Å²) in [5.74, 6) is 0.657. The molecule has 0 aliphatic carbocycles. The zero-order chi connectivity index (χ0) is 14.5. The first-order chi connectivity index (χ1) is 9.63. The molecular weight excluding hydrogens is 254 g/mol. The highest BCUT2D eigenvalue weighted by atomic mass is 16.5. The van der Waals surface area contributed by atoms with Gasteiger partial charge in [0, 0.05) is 17.3 Å². The Balaban J connectivity index is 2.29. The molecule has 0 spiro atoms. The van der Waals surface area contributed by atoms with Gasteiger partial charge < -0.3 is 14.4 Å². The van der Waals surface area contributed by atoms with Crippen molar-refractivity contribution in [3.05, 3.63) is 64.1 Å². The van der Waals surface area contributed by atoms with Crippen LogP contribution in [0.2, 0.25) is 0 Å². The largest absolute Gasteiger partial charge is 0.493 e. The number of pyridine rings is 1. The molecule has 0 saturated heterocycles. The first kappa shape index (κ1) is 14.3. The van der Waals surface area contributed by atoms with E-state index in [4.69, 9.17) is 4.74 Å². The van der Waals surface area contributed by atoms with Crippen LogP contribution in [0.5, 0.6) is 5.75 Å². The Morgan fingerprint density at radius 2 is 1.95 bits per heavy atom. The minimum absolute atomic E-state index is 0.113. The third-order valence-electron chi connectivity index (χ3n) is 3.20. The van der Waals surface area contributed by atoms with Gasteiger partial charge in [0.2, 0.25) is 0 Å². The predicted octanol–water partition coefficient (Wildman–Crippen LogP) is 2.29. The Morgan fingerprint density at radius 3 is 2.65 bits per heavy atom. The molecule has 20 heavy (non-hydrogen) atoms. The second kappa shape index (κ2) is 6.39. The molecule has 106 valence electrons. The summed E-state index contributed by atoms with van der Waals surface area (Å²) in [4.78, 5) is 11.8. The number of hydrogen-bond donors (Lipinski definition) is 1. The van der Waals surface area contributed by atoms with E-state index in [1.165, 1.54) is 6.07 Å². The van der Waals surface area contributed by atoms with E-state index in [1.54, 1.807) is 10.6 Å². The molecule has 4 nitrogen and oxygen atoms in total. The van der Waals surface area contributed by atoms with Crippen molar-refractivity contribution < 1.29 is 9.84 Å². The molecule has 0 amide bonds. The number of aliphatic hydroxyl groups is 1. The van der Waals surface area contributed by atoms with Crippen molar-refractivity contribution in [2.75, 3.05) is 6.61 Å². The lowest BCUT2D eigenvalue weighted by Gasteiger charge is -2.18. The maximum Gasteiger partial charge on any atom is 0.250 e. The second-order valence-electron chi connectivity index (χ2n) is 4.60. The van der Waals surface area contributed by atoms with Crippen molar-refractivity contribution in [2.24, 2.45) is 0 Å². The lowest BCUT2D eigenvalue weighted by atomic mass is 10.1. The summed E-state index contributed by atoms with van der Waals surface area (Å²) < 4.78 is 7.07. The molecule has 0 aliphatic heterocycles. The van der Waals surface area contributed by atoms with Crippen LogP contribution in [-0.2, 0) is 6.54 Å². The van der Waals surface area contributed by atoms with Crippen LogP contribution < -0.4 is 10.3 Å². The summed E-state index contributed by atoms with van der Waals surface area (Å²) in [6.07, 6.45) is -0.781. The van der Waals surface area contributed by atoms with Crippen molar-refractivity contribution in [2.45, 2.75) is 26.5 Å². The first-order valence-corrected chi connectivity index (χ1v) is 6.69. The molecule has 0 aliphatic rings. The van der Waals surface area contributed by atoms with E-state index in [2.05, 4.69) is 0 Å². The van der Waals surface area contributed by atoms with Crippen LogP contribution in [0.3, 0.4) is 0 Å². The number of para-hydroxylation sites is 1. The second-order valence-corrected chi connectivity index (χ2v) is 4.60. The molecule has 1 atom stereocenters. The lowest BCUT2D eigenvalue weighted by molar-refractivity contribution is 0.149. The Kier molecular flexibility index (Phi) is 4.58. The van der Waals surface area contributed by atoms with Gasteiger partial charge in [-0.1, -0.05) is 24.3 Å². The number of aliphatic hydroxyl groups excluding tert-OH is 1. The highest BCUT2D eigenvalue weighted by Gasteiger charge is 2.14. The minimum Gasteiger partial charge on any atom is -0.493 e. The van der Waals surface area contributed by atoms with Crippen LogP contribution in [0.15, 0.2) is 47.3 Å². The molecular formula is C16H19NO3. The van der Waals surface area contributed by atoms with Crippen molar-refractivity contribution in [3.8, 4) is 5.75 Å². The van der Waals surface area contributed by atoms with Crippen LogP contribution >= 0.6 is 0 Å². The maximum atomic E-state index is 11.8. The fourth-order valence-corrected chi connectivity index (χ4v) is 2.17. The van der Waals surface area contributed by atoms with Gasteiger partial charge in [-0.3, -0.25) is 4.79 Å². The normalized spacial score (nSPS) is 12.2. The quantitative estimate of drug-likeness (QED) is 0.909. The number of hydrogen-bond acceptors (Lipinski definition) is 3. The van der Waals surface area contributed by atoms with Crippen molar-refractivity contribution in [1.82, 2.24) is 4.57 Å². The van der Waals surface area contributed by atoms with E-state index in [0.29, 0.717) is 17.9 Å². The highest BCUT2D eigenvalue weighted by Crippen LogP contribution is 2.26. The van der Waals surface area contributed by atoms with E-state index in [0.717, 1.165) is 5.69 Å². The molecule has 0 saturated carbocycles. The molecule has 2 aromatic rings. The number of nitrogens with zero attached hydrogens (tertiary/aromatic N) is 1. The van der Waals surface area contributed by atoms with Crippen molar-refractivity contribution in [3.63, 3.8) is 0 Å². The van der Waals surface area contributed by atoms with E-state index < -0.39 is 6.10 Å². The Bertz CT molecular complexity index is 634. The molecule has 4 heteroatoms. The fraction of sp³-hybridized carbons (Fsp3) is 0.312. The monoisotopic (exact) mass is 273 g/mol. The molecule has 1 aromatic carbocycles. The number of benzene rings is 1. The van der Waals surface area contributed by atoms with Gasteiger partial charge in [0.05, 0.1) is 13.2 Å². The van der Waals surface area contributed by atoms with Crippen LogP contribution in [0.1, 0.15) is 24.3 Å². The van der Waals surface area contributed by atoms with Gasteiger partial charge >= 0.3 is 0 Å². The van der Waals surface area contributed by atoms with Crippen molar-refractivity contribution in [1.29, 1.82) is 0 Å². The van der Waals surface area contributed by atoms with E-state index in [1.807, 2.05) is 44.2 Å². The van der Waals surface area contributed by atoms with Gasteiger partial charge in [-0.25, -0.2) is 0 Å². The van der Waals surface area contributed by atoms with E-state index in [-0.39, 0.29) is 12.1 Å². The average molecular weight is 273 g/mol. The fourth-order valence-electron chi connectivity index (χ4n) is 2.17. The molecule has 0 bridgehead atoms. The summed E-state index contributed by atoms with van der Waals surface area (Å²) in [5.41, 5.74) is 1.41. The third-order valence-corrected chi connectivity index (χ3v) is 3.20. The summed E-state index contributed by atoms with van der Waals surface area (Å²) in [7, 11) is 0. The number of rotatable bonds is 5. The molecule has 1 aromatic heterocycles. The molecule has 0 fully saturated rings. The van der Waals surface area contributed by atoms with Gasteiger partial charge in [0.1, 0.15) is 11.9 Å². The zero-order valence-corrected chi connectivity index (χ0v) is 11.7. The smallest absolute Gasteiger partial charge is 0.250 e. The molecule has 1 heterocycles. The van der Waals surface area contributed by atoms with Crippen molar-refractivity contribution >= 4 is 0 Å². The predicted molar refractivity (Wildman–Crippen MR) is 78.0 cm³/mol. The van der Waals surface area contributed by atoms with Crippen LogP contribution in [0.4, 0.5) is 0 Å². The number of aromatic nitrogens is 1. The summed E-state index contributed by atoms with van der Waals surface area (Å²) in [6.45, 7) is 4.50. The number of aryl methyl sites for hydroxylation is 1. The minimum atomic E-state index is -0.781. The molecule has 2 rings (SSSR count). The van der Waals surface area contributed by atoms with Gasteiger partial charge in [-0.05, 0) is 26.0 Å². The summed E-state index contributed by atoms with van der Waals surface area (Å²) in [6, 6.07) is 12.4. The van der Waals surface area contributed by atoms with Gasteiger partial charge in [0.25, 0.3) is 5.56 Å². The number of ether oxygens (including phenoxy) is 1. The highest BCUT2D eigenvalue weighted by molar-refractivity contribution is 5.35. The summed E-state index contributed by atoms with van der Waals surface area (Å²) >= 11 is 0. The Labute approximate surface area is 118 Å². The Morgan fingerprint density at radius 1 is 1.20 bits per heavy atom. The van der Waals surface area contributed by atoms with Crippen LogP contribution in [0.25, 0.3) is 0 Å². The van der Waals surface area contributed by atoms with Gasteiger partial charge in [0.15, 0.2) is 0 Å². The van der Waals surface area contributed by atoms with Gasteiger partial charge in [-0.15, -0.1) is 0 Å². The Hall–Kier alpha value is -2.07. The van der Waals surface area contributed by atoms with E-state index >= 15 is 0 Å². The van der Waals surface area contributed by atoms with Gasteiger partial charge in [-0.2, -0.15) is 0 Å². The SMILES string of the molecule is CCOc1ccccc1C(O)Cn1c(C)cccc1=O. The summed E-state index contributed by atoms with van der Waals surface area (Å²) in [5, 5.41) is 10.4. The van der Waals surface area contributed by atoms with Crippen LogP contribution in [-0.4, -0.2) is 16.3 Å².